The number of piperidine rings is 1. The SMILES string of the molecule is [2H]C([2H])([2H])O[C@@H]1CCNC[C@@H]1NC(c1ccccc1)(c1ccccc1)c1ccccc1. The van der Waals surface area contributed by atoms with Crippen molar-refractivity contribution in [1.82, 2.24) is 10.6 Å². The first-order chi connectivity index (χ1) is 15.0. The van der Waals surface area contributed by atoms with Crippen molar-refractivity contribution in [3.63, 3.8) is 0 Å². The second kappa shape index (κ2) is 8.70. The highest BCUT2D eigenvalue weighted by molar-refractivity contribution is 5.49. The second-order valence-electron chi connectivity index (χ2n) is 7.25. The van der Waals surface area contributed by atoms with Gasteiger partial charge in [-0.2, -0.15) is 0 Å². The Morgan fingerprint density at radius 1 is 0.857 bits per heavy atom. The second-order valence-corrected chi connectivity index (χ2v) is 7.25. The van der Waals surface area contributed by atoms with Gasteiger partial charge in [-0.25, -0.2) is 0 Å². The summed E-state index contributed by atoms with van der Waals surface area (Å²) >= 11 is 0. The molecule has 0 aromatic heterocycles. The topological polar surface area (TPSA) is 33.3 Å². The Morgan fingerprint density at radius 3 is 1.82 bits per heavy atom. The van der Waals surface area contributed by atoms with Crippen LogP contribution in [0.4, 0.5) is 0 Å². The molecule has 3 aromatic rings. The standard InChI is InChI=1S/C25H28N2O/c1-28-24-17-18-26-19-23(24)27-25(20-11-5-2-6-12-20,21-13-7-3-8-14-21)22-15-9-4-10-16-22/h2-16,23-24,26-27H,17-19H2,1H3/t23-,24+/m0/s1/i1D3. The summed E-state index contributed by atoms with van der Waals surface area (Å²) in [5.41, 5.74) is 2.60. The Morgan fingerprint density at radius 2 is 1.36 bits per heavy atom. The highest BCUT2D eigenvalue weighted by Gasteiger charge is 2.40. The highest BCUT2D eigenvalue weighted by atomic mass is 16.5. The largest absolute Gasteiger partial charge is 0.380 e. The molecule has 3 nitrogen and oxygen atoms in total. The molecule has 0 amide bonds. The minimum absolute atomic E-state index is 0.199. The van der Waals surface area contributed by atoms with Gasteiger partial charge in [0.1, 0.15) is 0 Å². The van der Waals surface area contributed by atoms with Gasteiger partial charge in [0.2, 0.25) is 0 Å². The molecule has 3 aromatic carbocycles. The van der Waals surface area contributed by atoms with Gasteiger partial charge in [-0.15, -0.1) is 0 Å². The molecule has 0 saturated carbocycles. The molecule has 28 heavy (non-hydrogen) atoms. The lowest BCUT2D eigenvalue weighted by atomic mass is 9.76. The molecule has 4 rings (SSSR count). The van der Waals surface area contributed by atoms with Gasteiger partial charge in [0.05, 0.1) is 15.8 Å². The van der Waals surface area contributed by atoms with Crippen LogP contribution in [0.15, 0.2) is 91.0 Å². The smallest absolute Gasteiger partial charge is 0.0951 e. The third kappa shape index (κ3) is 3.61. The molecule has 2 N–H and O–H groups in total. The quantitative estimate of drug-likeness (QED) is 0.640. The molecule has 3 heteroatoms. The molecule has 1 aliphatic heterocycles. The van der Waals surface area contributed by atoms with Crippen molar-refractivity contribution < 1.29 is 8.85 Å². The monoisotopic (exact) mass is 375 g/mol. The molecular weight excluding hydrogens is 344 g/mol. The van der Waals surface area contributed by atoms with Crippen molar-refractivity contribution in [2.75, 3.05) is 20.1 Å². The molecule has 0 aliphatic carbocycles. The summed E-state index contributed by atoms with van der Waals surface area (Å²) in [5, 5.41) is 7.25. The van der Waals surface area contributed by atoms with E-state index in [1.165, 1.54) is 0 Å². The van der Waals surface area contributed by atoms with E-state index in [1.807, 2.05) is 54.6 Å². The van der Waals surface area contributed by atoms with Crippen LogP contribution in [0.1, 0.15) is 27.2 Å². The molecule has 1 fully saturated rings. The van der Waals surface area contributed by atoms with E-state index in [2.05, 4.69) is 47.0 Å². The van der Waals surface area contributed by atoms with Gasteiger partial charge in [0, 0.05) is 19.6 Å². The van der Waals surface area contributed by atoms with Crippen LogP contribution in [0.2, 0.25) is 0 Å². The van der Waals surface area contributed by atoms with Crippen molar-refractivity contribution in [2.45, 2.75) is 24.1 Å². The fourth-order valence-corrected chi connectivity index (χ4v) is 4.21. The fourth-order valence-electron chi connectivity index (χ4n) is 4.21. The summed E-state index contributed by atoms with van der Waals surface area (Å²) in [6.07, 6.45) is 0.203. The number of nitrogens with one attached hydrogen (secondary N) is 2. The van der Waals surface area contributed by atoms with E-state index < -0.39 is 18.7 Å². The molecule has 1 heterocycles. The Hall–Kier alpha value is -2.46. The maximum atomic E-state index is 7.64. The zero-order chi connectivity index (χ0) is 21.7. The normalized spacial score (nSPS) is 22.1. The summed E-state index contributed by atoms with van der Waals surface area (Å²) in [6, 6.07) is 30.7. The lowest BCUT2D eigenvalue weighted by Gasteiger charge is -2.43. The summed E-state index contributed by atoms with van der Waals surface area (Å²) in [6.45, 7) is 1.35. The first-order valence-electron chi connectivity index (χ1n) is 11.3. The van der Waals surface area contributed by atoms with Crippen LogP contribution < -0.4 is 10.6 Å². The average Bonchev–Trinajstić information content (AvgIpc) is 2.79. The number of rotatable bonds is 6. The van der Waals surface area contributed by atoms with Gasteiger partial charge < -0.3 is 10.1 Å². The zero-order valence-corrected chi connectivity index (χ0v) is 15.8. The highest BCUT2D eigenvalue weighted by Crippen LogP contribution is 2.37. The van der Waals surface area contributed by atoms with Crippen LogP contribution in [0.5, 0.6) is 0 Å². The van der Waals surface area contributed by atoms with Crippen molar-refractivity contribution in [3.8, 4) is 0 Å². The molecular formula is C25H28N2O. The number of ether oxygens (including phenoxy) is 1. The summed E-state index contributed by atoms with van der Waals surface area (Å²) in [5.74, 6) is 0. The van der Waals surface area contributed by atoms with Crippen LogP contribution in [0.25, 0.3) is 0 Å². The maximum Gasteiger partial charge on any atom is 0.0951 e. The summed E-state index contributed by atoms with van der Waals surface area (Å²) in [7, 11) is -2.43. The van der Waals surface area contributed by atoms with Crippen molar-refractivity contribution in [3.05, 3.63) is 108 Å². The predicted octanol–water partition coefficient (Wildman–Crippen LogP) is 3.95. The Kier molecular flexibility index (Phi) is 4.80. The van der Waals surface area contributed by atoms with Crippen LogP contribution in [-0.2, 0) is 10.3 Å². The molecule has 144 valence electrons. The predicted molar refractivity (Wildman–Crippen MR) is 114 cm³/mol. The van der Waals surface area contributed by atoms with Gasteiger partial charge in [0.15, 0.2) is 0 Å². The lowest BCUT2D eigenvalue weighted by Crippen LogP contribution is -2.60. The van der Waals surface area contributed by atoms with E-state index >= 15 is 0 Å². The summed E-state index contributed by atoms with van der Waals surface area (Å²) < 4.78 is 28.5. The van der Waals surface area contributed by atoms with Crippen LogP contribution >= 0.6 is 0 Å². The number of benzene rings is 3. The first kappa shape index (κ1) is 15.5. The van der Waals surface area contributed by atoms with E-state index in [0.29, 0.717) is 13.0 Å². The van der Waals surface area contributed by atoms with Gasteiger partial charge in [-0.05, 0) is 29.7 Å². The third-order valence-corrected chi connectivity index (χ3v) is 5.59. The molecule has 0 unspecified atom stereocenters. The summed E-state index contributed by atoms with van der Waals surface area (Å²) in [4.78, 5) is 0. The molecule has 0 bridgehead atoms. The number of hydrogen-bond acceptors (Lipinski definition) is 3. The minimum atomic E-state index is -2.43. The van der Waals surface area contributed by atoms with Crippen molar-refractivity contribution >= 4 is 0 Å². The van der Waals surface area contributed by atoms with E-state index in [0.717, 1.165) is 23.2 Å². The number of methoxy groups -OCH3 is 1. The van der Waals surface area contributed by atoms with Gasteiger partial charge >= 0.3 is 0 Å². The van der Waals surface area contributed by atoms with Crippen molar-refractivity contribution in [2.24, 2.45) is 0 Å². The Bertz CT molecular complexity index is 852. The van der Waals surface area contributed by atoms with Gasteiger partial charge in [-0.3, -0.25) is 5.32 Å². The third-order valence-electron chi connectivity index (χ3n) is 5.59. The van der Waals surface area contributed by atoms with E-state index in [4.69, 9.17) is 8.85 Å². The Balaban J connectivity index is 1.86. The molecule has 0 spiro atoms. The maximum absolute atomic E-state index is 7.64. The number of hydrogen-bond donors (Lipinski definition) is 2. The molecule has 2 atom stereocenters. The van der Waals surface area contributed by atoms with E-state index in [-0.39, 0.29) is 6.04 Å². The molecule has 1 saturated heterocycles. The zero-order valence-electron chi connectivity index (χ0n) is 18.8. The van der Waals surface area contributed by atoms with Crippen LogP contribution in [-0.4, -0.2) is 32.3 Å². The Labute approximate surface area is 172 Å². The van der Waals surface area contributed by atoms with Crippen LogP contribution in [0, 0.1) is 0 Å². The van der Waals surface area contributed by atoms with E-state index in [1.54, 1.807) is 0 Å². The molecule has 1 aliphatic rings. The average molecular weight is 376 g/mol. The van der Waals surface area contributed by atoms with E-state index in [9.17, 15) is 0 Å². The molecule has 0 radical (unpaired) electrons. The minimum Gasteiger partial charge on any atom is -0.380 e. The first-order valence-corrected chi connectivity index (χ1v) is 9.82. The van der Waals surface area contributed by atoms with Gasteiger partial charge in [0.25, 0.3) is 0 Å². The fraction of sp³-hybridized carbons (Fsp3) is 0.280. The lowest BCUT2D eigenvalue weighted by molar-refractivity contribution is 0.0412. The van der Waals surface area contributed by atoms with Gasteiger partial charge in [-0.1, -0.05) is 91.0 Å². The van der Waals surface area contributed by atoms with Crippen LogP contribution in [0.3, 0.4) is 0 Å². The van der Waals surface area contributed by atoms with Crippen molar-refractivity contribution in [1.29, 1.82) is 0 Å².